The van der Waals surface area contributed by atoms with Crippen LogP contribution in [0, 0.1) is 0 Å². The van der Waals surface area contributed by atoms with E-state index in [1.807, 2.05) is 18.3 Å². The highest BCUT2D eigenvalue weighted by Gasteiger charge is 2.08. The largest absolute Gasteiger partial charge is 0.399 e. The van der Waals surface area contributed by atoms with Gasteiger partial charge in [-0.25, -0.2) is 0 Å². The predicted octanol–water partition coefficient (Wildman–Crippen LogP) is 2.65. The molecule has 0 bridgehead atoms. The van der Waals surface area contributed by atoms with Gasteiger partial charge in [-0.15, -0.1) is 0 Å². The molecule has 0 aliphatic heterocycles. The summed E-state index contributed by atoms with van der Waals surface area (Å²) in [5, 5.41) is 0. The van der Waals surface area contributed by atoms with Gasteiger partial charge in [-0.1, -0.05) is 25.1 Å². The van der Waals surface area contributed by atoms with E-state index in [0.717, 1.165) is 12.1 Å². The van der Waals surface area contributed by atoms with Crippen LogP contribution in [0.1, 0.15) is 28.5 Å². The number of nitrogen functional groups attached to an aromatic ring is 1. The van der Waals surface area contributed by atoms with Crippen LogP contribution in [0.4, 0.5) is 5.69 Å². The Morgan fingerprint density at radius 1 is 1.28 bits per heavy atom. The zero-order valence-corrected chi connectivity index (χ0v) is 10.4. The van der Waals surface area contributed by atoms with Crippen LogP contribution in [0.2, 0.25) is 0 Å². The van der Waals surface area contributed by atoms with Crippen molar-refractivity contribution in [3.05, 3.63) is 59.4 Å². The van der Waals surface area contributed by atoms with Crippen molar-refractivity contribution in [3.63, 3.8) is 0 Å². The van der Waals surface area contributed by atoms with Crippen molar-refractivity contribution in [1.82, 2.24) is 4.98 Å². The molecule has 0 aliphatic carbocycles. The lowest BCUT2D eigenvalue weighted by atomic mass is 10.1. The van der Waals surface area contributed by atoms with Crippen molar-refractivity contribution in [2.24, 2.45) is 0 Å². The number of nitrogens with zero attached hydrogens (tertiary/aromatic N) is 1. The smallest absolute Gasteiger partial charge is 0.168 e. The molecule has 0 spiro atoms. The van der Waals surface area contributed by atoms with Crippen LogP contribution in [-0.4, -0.2) is 10.8 Å². The molecule has 2 rings (SSSR count). The number of pyridine rings is 1. The zero-order valence-electron chi connectivity index (χ0n) is 10.4. The standard InChI is InChI=1S/C15H16N2O/c1-2-11-6-7-14(17-10-11)9-15(18)12-4-3-5-13(16)8-12/h3-8,10H,2,9,16H2,1H3. The third kappa shape index (κ3) is 2.94. The highest BCUT2D eigenvalue weighted by atomic mass is 16.1. The summed E-state index contributed by atoms with van der Waals surface area (Å²) < 4.78 is 0. The third-order valence-electron chi connectivity index (χ3n) is 2.84. The fourth-order valence-electron chi connectivity index (χ4n) is 1.75. The number of ketones is 1. The second-order valence-electron chi connectivity index (χ2n) is 4.24. The molecule has 92 valence electrons. The minimum Gasteiger partial charge on any atom is -0.399 e. The Morgan fingerprint density at radius 3 is 2.72 bits per heavy atom. The summed E-state index contributed by atoms with van der Waals surface area (Å²) in [6, 6.07) is 10.9. The summed E-state index contributed by atoms with van der Waals surface area (Å²) in [5.74, 6) is 0.0408. The molecule has 0 atom stereocenters. The first-order valence-electron chi connectivity index (χ1n) is 6.01. The zero-order chi connectivity index (χ0) is 13.0. The van der Waals surface area contributed by atoms with E-state index in [9.17, 15) is 4.79 Å². The fourth-order valence-corrected chi connectivity index (χ4v) is 1.75. The van der Waals surface area contributed by atoms with Gasteiger partial charge in [-0.3, -0.25) is 9.78 Å². The van der Waals surface area contributed by atoms with Crippen LogP contribution >= 0.6 is 0 Å². The molecule has 3 heteroatoms. The third-order valence-corrected chi connectivity index (χ3v) is 2.84. The lowest BCUT2D eigenvalue weighted by Crippen LogP contribution is -2.05. The van der Waals surface area contributed by atoms with Gasteiger partial charge in [0.2, 0.25) is 0 Å². The number of rotatable bonds is 4. The second kappa shape index (κ2) is 5.45. The Kier molecular flexibility index (Phi) is 3.72. The molecule has 18 heavy (non-hydrogen) atoms. The average molecular weight is 240 g/mol. The summed E-state index contributed by atoms with van der Waals surface area (Å²) in [4.78, 5) is 16.3. The molecule has 2 N–H and O–H groups in total. The normalized spacial score (nSPS) is 10.3. The van der Waals surface area contributed by atoms with Crippen molar-refractivity contribution in [1.29, 1.82) is 0 Å². The van der Waals surface area contributed by atoms with E-state index in [4.69, 9.17) is 5.73 Å². The second-order valence-corrected chi connectivity index (χ2v) is 4.24. The van der Waals surface area contributed by atoms with Crippen LogP contribution in [0.25, 0.3) is 0 Å². The number of nitrogens with two attached hydrogens (primary N) is 1. The van der Waals surface area contributed by atoms with Gasteiger partial charge in [-0.05, 0) is 30.2 Å². The molecule has 3 nitrogen and oxygen atoms in total. The van der Waals surface area contributed by atoms with Crippen molar-refractivity contribution in [2.45, 2.75) is 19.8 Å². The van der Waals surface area contributed by atoms with Gasteiger partial charge in [0.05, 0.1) is 6.42 Å². The number of benzene rings is 1. The van der Waals surface area contributed by atoms with Gasteiger partial charge >= 0.3 is 0 Å². The molecule has 1 aromatic heterocycles. The number of carbonyl (C=O) groups is 1. The predicted molar refractivity (Wildman–Crippen MR) is 72.5 cm³/mol. The number of carbonyl (C=O) groups excluding carboxylic acids is 1. The van der Waals surface area contributed by atoms with E-state index in [1.165, 1.54) is 5.56 Å². The summed E-state index contributed by atoms with van der Waals surface area (Å²) in [6.45, 7) is 2.08. The minimum absolute atomic E-state index is 0.0408. The van der Waals surface area contributed by atoms with E-state index < -0.39 is 0 Å². The molecule has 0 fully saturated rings. The number of hydrogen-bond acceptors (Lipinski definition) is 3. The molecule has 0 unspecified atom stereocenters. The first-order chi connectivity index (χ1) is 8.69. The lowest BCUT2D eigenvalue weighted by molar-refractivity contribution is 0.0992. The molecule has 2 aromatic rings. The Bertz CT molecular complexity index is 547. The van der Waals surface area contributed by atoms with Crippen LogP contribution < -0.4 is 5.73 Å². The number of anilines is 1. The van der Waals surface area contributed by atoms with Crippen LogP contribution in [0.15, 0.2) is 42.6 Å². The summed E-state index contributed by atoms with van der Waals surface area (Å²) in [7, 11) is 0. The molecular weight excluding hydrogens is 224 g/mol. The maximum atomic E-state index is 12.0. The SMILES string of the molecule is CCc1ccc(CC(=O)c2cccc(N)c2)nc1. The maximum Gasteiger partial charge on any atom is 0.168 e. The Balaban J connectivity index is 2.11. The average Bonchev–Trinajstić information content (AvgIpc) is 2.39. The monoisotopic (exact) mass is 240 g/mol. The van der Waals surface area contributed by atoms with Gasteiger partial charge < -0.3 is 5.73 Å². The van der Waals surface area contributed by atoms with E-state index in [1.54, 1.807) is 24.3 Å². The Morgan fingerprint density at radius 2 is 2.11 bits per heavy atom. The van der Waals surface area contributed by atoms with Crippen LogP contribution in [0.5, 0.6) is 0 Å². The van der Waals surface area contributed by atoms with Gasteiger partial charge in [0.1, 0.15) is 0 Å². The quantitative estimate of drug-likeness (QED) is 0.660. The molecule has 0 saturated carbocycles. The number of aryl methyl sites for hydroxylation is 1. The number of hydrogen-bond donors (Lipinski definition) is 1. The van der Waals surface area contributed by atoms with Gasteiger partial charge in [0, 0.05) is 23.1 Å². The van der Waals surface area contributed by atoms with Crippen molar-refractivity contribution in [3.8, 4) is 0 Å². The van der Waals surface area contributed by atoms with Crippen molar-refractivity contribution in [2.75, 3.05) is 5.73 Å². The highest BCUT2D eigenvalue weighted by molar-refractivity contribution is 5.97. The lowest BCUT2D eigenvalue weighted by Gasteiger charge is -2.03. The molecule has 1 heterocycles. The van der Waals surface area contributed by atoms with Crippen molar-refractivity contribution < 1.29 is 4.79 Å². The van der Waals surface area contributed by atoms with E-state index >= 15 is 0 Å². The molecule has 0 saturated heterocycles. The first kappa shape index (κ1) is 12.3. The fraction of sp³-hybridized carbons (Fsp3) is 0.200. The van der Waals surface area contributed by atoms with Gasteiger partial charge in [-0.2, -0.15) is 0 Å². The van der Waals surface area contributed by atoms with E-state index in [0.29, 0.717) is 17.7 Å². The number of aromatic nitrogens is 1. The molecule has 0 aliphatic rings. The van der Waals surface area contributed by atoms with Gasteiger partial charge in [0.15, 0.2) is 5.78 Å². The summed E-state index contributed by atoms with van der Waals surface area (Å²) in [6.07, 6.45) is 3.09. The molecule has 0 amide bonds. The first-order valence-corrected chi connectivity index (χ1v) is 6.01. The maximum absolute atomic E-state index is 12.0. The number of Topliss-reactive ketones (excluding diaryl/α,β-unsaturated/α-hetero) is 1. The van der Waals surface area contributed by atoms with Gasteiger partial charge in [0.25, 0.3) is 0 Å². The van der Waals surface area contributed by atoms with Crippen LogP contribution in [-0.2, 0) is 12.8 Å². The topological polar surface area (TPSA) is 56.0 Å². The van der Waals surface area contributed by atoms with Crippen LogP contribution in [0.3, 0.4) is 0 Å². The van der Waals surface area contributed by atoms with E-state index in [-0.39, 0.29) is 5.78 Å². The summed E-state index contributed by atoms with van der Waals surface area (Å²) in [5.41, 5.74) is 8.87. The molecule has 1 aromatic carbocycles. The minimum atomic E-state index is 0.0408. The van der Waals surface area contributed by atoms with Crippen molar-refractivity contribution >= 4 is 11.5 Å². The highest BCUT2D eigenvalue weighted by Crippen LogP contribution is 2.10. The molecular formula is C15H16N2O. The molecule has 0 radical (unpaired) electrons. The Labute approximate surface area is 107 Å². The summed E-state index contributed by atoms with van der Waals surface area (Å²) >= 11 is 0. The Hall–Kier alpha value is -2.16. The van der Waals surface area contributed by atoms with E-state index in [2.05, 4.69) is 11.9 Å².